The van der Waals surface area contributed by atoms with Gasteiger partial charge < -0.3 is 5.32 Å². The van der Waals surface area contributed by atoms with E-state index in [1.165, 1.54) is 6.07 Å². The number of nitrogens with zero attached hydrogens (tertiary/aromatic N) is 1. The fourth-order valence-corrected chi connectivity index (χ4v) is 3.41. The molecule has 106 valence electrons. The molecule has 0 spiro atoms. The van der Waals surface area contributed by atoms with Gasteiger partial charge in [0.2, 0.25) is 0 Å². The number of rotatable bonds is 2. The van der Waals surface area contributed by atoms with Crippen LogP contribution in [-0.4, -0.2) is 31.1 Å². The highest BCUT2D eigenvalue weighted by Crippen LogP contribution is 2.39. The third-order valence-electron chi connectivity index (χ3n) is 3.54. The number of hydrogen-bond acceptors (Lipinski definition) is 2. The van der Waals surface area contributed by atoms with E-state index < -0.39 is 0 Å². The normalized spacial score (nSPS) is 19.4. The molecule has 1 aromatic carbocycles. The molecule has 1 aliphatic rings. The van der Waals surface area contributed by atoms with Gasteiger partial charge in [-0.05, 0) is 29.2 Å². The Morgan fingerprint density at radius 1 is 1.21 bits per heavy atom. The van der Waals surface area contributed by atoms with Crippen molar-refractivity contribution in [3.63, 3.8) is 0 Å². The average Bonchev–Trinajstić information content (AvgIpc) is 2.27. The molecular formula is C15H22BrFN2. The molecule has 1 aliphatic heterocycles. The Kier molecular flexibility index (Phi) is 4.64. The van der Waals surface area contributed by atoms with Crippen molar-refractivity contribution in [1.29, 1.82) is 0 Å². The van der Waals surface area contributed by atoms with Crippen LogP contribution >= 0.6 is 15.9 Å². The Labute approximate surface area is 123 Å². The Balaban J connectivity index is 2.36. The summed E-state index contributed by atoms with van der Waals surface area (Å²) < 4.78 is 14.5. The molecule has 4 heteroatoms. The molecule has 0 bridgehead atoms. The Bertz CT molecular complexity index is 416. The van der Waals surface area contributed by atoms with Crippen LogP contribution in [-0.2, 0) is 0 Å². The lowest BCUT2D eigenvalue weighted by Crippen LogP contribution is -2.48. The number of halogens is 2. The number of piperazine rings is 1. The lowest BCUT2D eigenvalue weighted by Gasteiger charge is -2.42. The number of benzene rings is 1. The molecule has 1 fully saturated rings. The Hall–Kier alpha value is -0.450. The van der Waals surface area contributed by atoms with Gasteiger partial charge in [-0.2, -0.15) is 0 Å². The molecule has 19 heavy (non-hydrogen) atoms. The van der Waals surface area contributed by atoms with Crippen molar-refractivity contribution in [3.8, 4) is 0 Å². The second-order valence-corrected chi connectivity index (χ2v) is 7.17. The fraction of sp³-hybridized carbons (Fsp3) is 0.600. The van der Waals surface area contributed by atoms with Crippen molar-refractivity contribution in [2.75, 3.05) is 26.2 Å². The fourth-order valence-electron chi connectivity index (χ4n) is 2.93. The highest BCUT2D eigenvalue weighted by molar-refractivity contribution is 9.10. The Morgan fingerprint density at radius 2 is 1.84 bits per heavy atom. The van der Waals surface area contributed by atoms with E-state index in [0.717, 1.165) is 36.2 Å². The van der Waals surface area contributed by atoms with Gasteiger partial charge in [0, 0.05) is 36.7 Å². The van der Waals surface area contributed by atoms with Crippen molar-refractivity contribution >= 4 is 15.9 Å². The lowest BCUT2D eigenvalue weighted by atomic mass is 9.81. The van der Waals surface area contributed by atoms with Crippen LogP contribution in [0.2, 0.25) is 0 Å². The number of nitrogens with one attached hydrogen (secondary N) is 1. The van der Waals surface area contributed by atoms with Gasteiger partial charge in [0.05, 0.1) is 0 Å². The van der Waals surface area contributed by atoms with Gasteiger partial charge in [0.25, 0.3) is 0 Å². The second kappa shape index (κ2) is 5.90. The zero-order valence-electron chi connectivity index (χ0n) is 11.8. The van der Waals surface area contributed by atoms with Gasteiger partial charge >= 0.3 is 0 Å². The van der Waals surface area contributed by atoms with Crippen LogP contribution in [0.15, 0.2) is 22.7 Å². The van der Waals surface area contributed by atoms with Crippen LogP contribution in [0.5, 0.6) is 0 Å². The van der Waals surface area contributed by atoms with Gasteiger partial charge in [-0.15, -0.1) is 0 Å². The maximum Gasteiger partial charge on any atom is 0.124 e. The smallest absolute Gasteiger partial charge is 0.124 e. The molecule has 0 aliphatic carbocycles. The minimum absolute atomic E-state index is 0.0740. The molecule has 1 atom stereocenters. The molecule has 1 N–H and O–H groups in total. The van der Waals surface area contributed by atoms with E-state index in [1.54, 1.807) is 6.07 Å². The molecule has 0 amide bonds. The Morgan fingerprint density at radius 3 is 2.37 bits per heavy atom. The summed E-state index contributed by atoms with van der Waals surface area (Å²) in [5, 5.41) is 3.37. The predicted molar refractivity (Wildman–Crippen MR) is 80.7 cm³/mol. The summed E-state index contributed by atoms with van der Waals surface area (Å²) in [5.41, 5.74) is 1.13. The maximum atomic E-state index is 13.7. The summed E-state index contributed by atoms with van der Waals surface area (Å²) in [7, 11) is 0. The first-order chi connectivity index (χ1) is 8.88. The molecule has 1 heterocycles. The van der Waals surface area contributed by atoms with Crippen LogP contribution < -0.4 is 5.32 Å². The van der Waals surface area contributed by atoms with Crippen LogP contribution in [0.4, 0.5) is 4.39 Å². The maximum absolute atomic E-state index is 13.7. The van der Waals surface area contributed by atoms with E-state index >= 15 is 0 Å². The first-order valence-electron chi connectivity index (χ1n) is 6.79. The van der Waals surface area contributed by atoms with Crippen LogP contribution in [0.25, 0.3) is 0 Å². The highest BCUT2D eigenvalue weighted by atomic mass is 79.9. The van der Waals surface area contributed by atoms with Crippen molar-refractivity contribution in [3.05, 3.63) is 34.1 Å². The van der Waals surface area contributed by atoms with Crippen LogP contribution in [0.1, 0.15) is 32.4 Å². The molecule has 1 aromatic rings. The second-order valence-electron chi connectivity index (χ2n) is 6.26. The van der Waals surface area contributed by atoms with Crippen LogP contribution in [0.3, 0.4) is 0 Å². The van der Waals surface area contributed by atoms with Gasteiger partial charge in [-0.1, -0.05) is 36.7 Å². The third kappa shape index (κ3) is 3.77. The van der Waals surface area contributed by atoms with Gasteiger partial charge in [-0.3, -0.25) is 4.90 Å². The summed E-state index contributed by atoms with van der Waals surface area (Å²) in [6.45, 7) is 10.7. The van der Waals surface area contributed by atoms with Gasteiger partial charge in [0.15, 0.2) is 0 Å². The number of hydrogen-bond donors (Lipinski definition) is 1. The van der Waals surface area contributed by atoms with E-state index in [2.05, 4.69) is 46.9 Å². The molecule has 0 unspecified atom stereocenters. The van der Waals surface area contributed by atoms with Crippen molar-refractivity contribution in [1.82, 2.24) is 10.2 Å². The van der Waals surface area contributed by atoms with Gasteiger partial charge in [-0.25, -0.2) is 4.39 Å². The molecule has 0 saturated carbocycles. The van der Waals surface area contributed by atoms with Crippen LogP contribution in [0, 0.1) is 11.2 Å². The van der Waals surface area contributed by atoms with E-state index in [-0.39, 0.29) is 17.3 Å². The molecule has 1 saturated heterocycles. The monoisotopic (exact) mass is 328 g/mol. The first-order valence-corrected chi connectivity index (χ1v) is 7.58. The summed E-state index contributed by atoms with van der Waals surface area (Å²) in [4.78, 5) is 2.46. The standard InChI is InChI=1S/C15H22BrFN2/c1-15(2,3)14(19-6-4-18-5-7-19)11-8-12(16)10-13(17)9-11/h8-10,14,18H,4-7H2,1-3H3/t14-/m0/s1. The molecule has 0 radical (unpaired) electrons. The van der Waals surface area contributed by atoms with Crippen molar-refractivity contribution in [2.24, 2.45) is 5.41 Å². The third-order valence-corrected chi connectivity index (χ3v) is 4.00. The zero-order valence-corrected chi connectivity index (χ0v) is 13.4. The molecule has 2 nitrogen and oxygen atoms in total. The lowest BCUT2D eigenvalue weighted by molar-refractivity contribution is 0.0860. The quantitative estimate of drug-likeness (QED) is 0.892. The predicted octanol–water partition coefficient (Wildman–Crippen LogP) is 3.58. The van der Waals surface area contributed by atoms with E-state index in [4.69, 9.17) is 0 Å². The SMILES string of the molecule is CC(C)(C)[C@H](c1cc(F)cc(Br)c1)N1CCNCC1. The summed E-state index contributed by atoms with van der Waals surface area (Å²) in [5.74, 6) is -0.172. The zero-order chi connectivity index (χ0) is 14.0. The minimum atomic E-state index is -0.172. The van der Waals surface area contributed by atoms with E-state index in [0.29, 0.717) is 0 Å². The summed E-state index contributed by atoms with van der Waals surface area (Å²) in [6, 6.07) is 5.46. The summed E-state index contributed by atoms with van der Waals surface area (Å²) in [6.07, 6.45) is 0. The largest absolute Gasteiger partial charge is 0.314 e. The topological polar surface area (TPSA) is 15.3 Å². The highest BCUT2D eigenvalue weighted by Gasteiger charge is 2.32. The summed E-state index contributed by atoms with van der Waals surface area (Å²) >= 11 is 3.40. The van der Waals surface area contributed by atoms with E-state index in [9.17, 15) is 4.39 Å². The van der Waals surface area contributed by atoms with Crippen molar-refractivity contribution in [2.45, 2.75) is 26.8 Å². The first kappa shape index (κ1) is 14.9. The van der Waals surface area contributed by atoms with Gasteiger partial charge in [0.1, 0.15) is 5.82 Å². The van der Waals surface area contributed by atoms with E-state index in [1.807, 2.05) is 6.07 Å². The molecular weight excluding hydrogens is 307 g/mol. The molecule has 0 aromatic heterocycles. The van der Waals surface area contributed by atoms with Crippen molar-refractivity contribution < 1.29 is 4.39 Å². The molecule has 2 rings (SSSR count). The minimum Gasteiger partial charge on any atom is -0.314 e. The average molecular weight is 329 g/mol.